The molecule has 25 heavy (non-hydrogen) atoms. The number of nitriles is 1. The van der Waals surface area contributed by atoms with Crippen LogP contribution in [-0.4, -0.2) is 49.7 Å². The lowest BCUT2D eigenvalue weighted by molar-refractivity contribution is 0.0518. The van der Waals surface area contributed by atoms with Crippen molar-refractivity contribution in [3.8, 4) is 11.9 Å². The third kappa shape index (κ3) is 3.63. The van der Waals surface area contributed by atoms with E-state index in [1.807, 2.05) is 6.07 Å². The molecule has 1 aliphatic heterocycles. The minimum Gasteiger partial charge on any atom is -0.470 e. The van der Waals surface area contributed by atoms with Crippen LogP contribution in [0.2, 0.25) is 0 Å². The standard InChI is InChI=1S/C16H16N6O3/c1-21-14(23)5-4-12(20-21)16(24)22-8-2-3-11(10-22)25-15-13(9-17)18-6-7-19-15/h4-7,11H,2-3,8,10H2,1H3. The molecule has 1 unspecified atom stereocenters. The summed E-state index contributed by atoms with van der Waals surface area (Å²) in [7, 11) is 1.50. The first-order chi connectivity index (χ1) is 12.1. The lowest BCUT2D eigenvalue weighted by atomic mass is 10.1. The van der Waals surface area contributed by atoms with E-state index in [-0.39, 0.29) is 34.8 Å². The molecule has 3 rings (SSSR count). The molecule has 2 aromatic rings. The fraction of sp³-hybridized carbons (Fsp3) is 0.375. The maximum Gasteiger partial charge on any atom is 0.274 e. The second-order valence-corrected chi connectivity index (χ2v) is 5.64. The molecule has 128 valence electrons. The fourth-order valence-electron chi connectivity index (χ4n) is 2.64. The molecule has 9 nitrogen and oxygen atoms in total. The molecule has 0 radical (unpaired) electrons. The number of ether oxygens (including phenoxy) is 1. The summed E-state index contributed by atoms with van der Waals surface area (Å²) < 4.78 is 6.90. The highest BCUT2D eigenvalue weighted by atomic mass is 16.5. The van der Waals surface area contributed by atoms with Crippen LogP contribution in [-0.2, 0) is 7.05 Å². The van der Waals surface area contributed by atoms with Crippen molar-refractivity contribution in [1.29, 1.82) is 5.26 Å². The van der Waals surface area contributed by atoms with E-state index in [9.17, 15) is 9.59 Å². The van der Waals surface area contributed by atoms with Gasteiger partial charge in [0.1, 0.15) is 17.9 Å². The van der Waals surface area contributed by atoms with Crippen LogP contribution in [0.3, 0.4) is 0 Å². The summed E-state index contributed by atoms with van der Waals surface area (Å²) >= 11 is 0. The van der Waals surface area contributed by atoms with E-state index in [1.165, 1.54) is 31.6 Å². The Morgan fingerprint density at radius 3 is 2.92 bits per heavy atom. The van der Waals surface area contributed by atoms with E-state index in [2.05, 4.69) is 15.1 Å². The van der Waals surface area contributed by atoms with Crippen molar-refractivity contribution in [3.63, 3.8) is 0 Å². The summed E-state index contributed by atoms with van der Waals surface area (Å²) in [5.41, 5.74) is 0.0498. The molecule has 1 fully saturated rings. The van der Waals surface area contributed by atoms with Gasteiger partial charge in [-0.05, 0) is 18.9 Å². The monoisotopic (exact) mass is 340 g/mol. The predicted octanol–water partition coefficient (Wildman–Crippen LogP) is 0.126. The minimum atomic E-state index is -0.283. The first-order valence-electron chi connectivity index (χ1n) is 7.80. The first kappa shape index (κ1) is 16.6. The Bertz CT molecular complexity index is 888. The van der Waals surface area contributed by atoms with Gasteiger partial charge >= 0.3 is 0 Å². The van der Waals surface area contributed by atoms with E-state index >= 15 is 0 Å². The Labute approximate surface area is 143 Å². The average molecular weight is 340 g/mol. The summed E-state index contributed by atoms with van der Waals surface area (Å²) in [6, 6.07) is 4.67. The van der Waals surface area contributed by atoms with Gasteiger partial charge in [0.05, 0.1) is 6.54 Å². The van der Waals surface area contributed by atoms with Gasteiger partial charge in [0.2, 0.25) is 5.69 Å². The molecule has 1 saturated heterocycles. The van der Waals surface area contributed by atoms with Crippen LogP contribution < -0.4 is 10.3 Å². The van der Waals surface area contributed by atoms with Crippen LogP contribution in [0.15, 0.2) is 29.3 Å². The van der Waals surface area contributed by atoms with Crippen LogP contribution in [0.4, 0.5) is 0 Å². The molecule has 1 aliphatic rings. The number of hydrogen-bond acceptors (Lipinski definition) is 7. The summed E-state index contributed by atoms with van der Waals surface area (Å²) in [5, 5.41) is 13.0. The van der Waals surface area contributed by atoms with Crippen LogP contribution >= 0.6 is 0 Å². The van der Waals surface area contributed by atoms with Crippen LogP contribution in [0, 0.1) is 11.3 Å². The van der Waals surface area contributed by atoms with Crippen molar-refractivity contribution in [2.24, 2.45) is 7.05 Å². The molecule has 1 amide bonds. The topological polar surface area (TPSA) is 114 Å². The van der Waals surface area contributed by atoms with Gasteiger partial charge < -0.3 is 9.64 Å². The maximum atomic E-state index is 12.6. The summed E-state index contributed by atoms with van der Waals surface area (Å²) in [6.07, 6.45) is 4.09. The van der Waals surface area contributed by atoms with Crippen molar-refractivity contribution in [2.45, 2.75) is 18.9 Å². The molecule has 0 aliphatic carbocycles. The molecule has 0 N–H and O–H groups in total. The summed E-state index contributed by atoms with van der Waals surface area (Å²) in [5.74, 6) is -0.0897. The molecule has 3 heterocycles. The van der Waals surface area contributed by atoms with E-state index in [0.29, 0.717) is 13.1 Å². The highest BCUT2D eigenvalue weighted by molar-refractivity contribution is 5.92. The van der Waals surface area contributed by atoms with Gasteiger partial charge in [-0.3, -0.25) is 9.59 Å². The highest BCUT2D eigenvalue weighted by Crippen LogP contribution is 2.19. The second kappa shape index (κ2) is 7.09. The van der Waals surface area contributed by atoms with E-state index in [4.69, 9.17) is 10.00 Å². The Hall–Kier alpha value is -3.28. The smallest absolute Gasteiger partial charge is 0.274 e. The number of rotatable bonds is 3. The van der Waals surface area contributed by atoms with E-state index < -0.39 is 0 Å². The Kier molecular flexibility index (Phi) is 4.70. The number of aromatic nitrogens is 4. The Balaban J connectivity index is 1.72. The van der Waals surface area contributed by atoms with Crippen LogP contribution in [0.5, 0.6) is 5.88 Å². The number of hydrogen-bond donors (Lipinski definition) is 0. The molecule has 0 aromatic carbocycles. The Morgan fingerprint density at radius 2 is 2.16 bits per heavy atom. The predicted molar refractivity (Wildman–Crippen MR) is 85.8 cm³/mol. The molecule has 0 spiro atoms. The molecule has 1 atom stereocenters. The largest absolute Gasteiger partial charge is 0.470 e. The van der Waals surface area contributed by atoms with Gasteiger partial charge in [0.15, 0.2) is 0 Å². The van der Waals surface area contributed by atoms with Crippen LogP contribution in [0.1, 0.15) is 29.0 Å². The number of carbonyl (C=O) groups is 1. The maximum absolute atomic E-state index is 12.6. The zero-order chi connectivity index (χ0) is 17.8. The normalized spacial score (nSPS) is 17.0. The molecule has 0 bridgehead atoms. The molecular formula is C16H16N6O3. The van der Waals surface area contributed by atoms with Gasteiger partial charge in [0, 0.05) is 32.1 Å². The average Bonchev–Trinajstić information content (AvgIpc) is 2.64. The van der Waals surface area contributed by atoms with Crippen molar-refractivity contribution < 1.29 is 9.53 Å². The third-order valence-corrected chi connectivity index (χ3v) is 3.89. The van der Waals surface area contributed by atoms with Crippen LogP contribution in [0.25, 0.3) is 0 Å². The lowest BCUT2D eigenvalue weighted by Gasteiger charge is -2.32. The minimum absolute atomic E-state index is 0.116. The molecule has 0 saturated carbocycles. The number of amides is 1. The van der Waals surface area contributed by atoms with Crippen molar-refractivity contribution in [2.75, 3.05) is 13.1 Å². The van der Waals surface area contributed by atoms with Gasteiger partial charge in [-0.25, -0.2) is 14.6 Å². The van der Waals surface area contributed by atoms with Crippen molar-refractivity contribution in [1.82, 2.24) is 24.6 Å². The Morgan fingerprint density at radius 1 is 1.36 bits per heavy atom. The fourth-order valence-corrected chi connectivity index (χ4v) is 2.64. The lowest BCUT2D eigenvalue weighted by Crippen LogP contribution is -2.45. The van der Waals surface area contributed by atoms with Gasteiger partial charge in [-0.15, -0.1) is 0 Å². The summed E-state index contributed by atoms with van der Waals surface area (Å²) in [6.45, 7) is 0.930. The zero-order valence-corrected chi connectivity index (χ0v) is 13.6. The van der Waals surface area contributed by atoms with Crippen molar-refractivity contribution in [3.05, 3.63) is 46.3 Å². The van der Waals surface area contributed by atoms with Gasteiger partial charge in [-0.1, -0.05) is 0 Å². The third-order valence-electron chi connectivity index (χ3n) is 3.89. The summed E-state index contributed by atoms with van der Waals surface area (Å²) in [4.78, 5) is 33.6. The second-order valence-electron chi connectivity index (χ2n) is 5.64. The number of likely N-dealkylation sites (tertiary alicyclic amines) is 1. The van der Waals surface area contributed by atoms with Crippen molar-refractivity contribution >= 4 is 5.91 Å². The molecule has 9 heteroatoms. The molecular weight excluding hydrogens is 324 g/mol. The van der Waals surface area contributed by atoms with Gasteiger partial charge in [0.25, 0.3) is 17.3 Å². The van der Waals surface area contributed by atoms with E-state index in [1.54, 1.807) is 4.90 Å². The number of nitrogens with zero attached hydrogens (tertiary/aromatic N) is 6. The first-order valence-corrected chi connectivity index (χ1v) is 7.80. The molecule has 2 aromatic heterocycles. The zero-order valence-electron chi connectivity index (χ0n) is 13.6. The number of piperidine rings is 1. The quantitative estimate of drug-likeness (QED) is 0.780. The number of carbonyl (C=O) groups excluding carboxylic acids is 1. The number of aryl methyl sites for hydroxylation is 1. The van der Waals surface area contributed by atoms with Gasteiger partial charge in [-0.2, -0.15) is 10.4 Å². The highest BCUT2D eigenvalue weighted by Gasteiger charge is 2.27. The SMILES string of the molecule is Cn1nc(C(=O)N2CCCC(Oc3nccnc3C#N)C2)ccc1=O. The van der Waals surface area contributed by atoms with E-state index in [0.717, 1.165) is 17.5 Å².